The molecule has 2 aromatic carbocycles. The molecule has 3 aromatic rings. The summed E-state index contributed by atoms with van der Waals surface area (Å²) in [4.78, 5) is 41.4. The molecule has 1 aliphatic rings. The fraction of sp³-hybridized carbons (Fsp3) is 0.321. The molecule has 3 amide bonds. The molecular weight excluding hydrogens is 458 g/mol. The van der Waals surface area contributed by atoms with Gasteiger partial charge in [-0.1, -0.05) is 61.7 Å². The van der Waals surface area contributed by atoms with Gasteiger partial charge in [0.15, 0.2) is 5.76 Å². The van der Waals surface area contributed by atoms with E-state index in [1.165, 1.54) is 24.3 Å². The number of furan rings is 1. The Kier molecular flexibility index (Phi) is 8.39. The number of carbonyl (C=O) groups is 3. The molecule has 0 radical (unpaired) electrons. The number of nitrogens with zero attached hydrogens (tertiary/aromatic N) is 1. The topological polar surface area (TPSA) is 101 Å². The van der Waals surface area contributed by atoms with E-state index in [4.69, 9.17) is 9.15 Å². The van der Waals surface area contributed by atoms with Crippen molar-refractivity contribution in [2.24, 2.45) is 0 Å². The van der Waals surface area contributed by atoms with Crippen molar-refractivity contribution in [3.63, 3.8) is 0 Å². The molecule has 1 heterocycles. The number of rotatable bonds is 9. The third kappa shape index (κ3) is 5.94. The zero-order valence-electron chi connectivity index (χ0n) is 20.3. The molecule has 1 fully saturated rings. The van der Waals surface area contributed by atoms with Crippen molar-refractivity contribution in [3.05, 3.63) is 84.3 Å². The van der Waals surface area contributed by atoms with E-state index in [1.54, 1.807) is 30.3 Å². The SMILES string of the molecule is COc1ccccc1N(C(=O)CNC(=O)c1ccco1)C(C(=O)NC1CCCCC1)c1ccccc1. The maximum Gasteiger partial charge on any atom is 0.287 e. The maximum absolute atomic E-state index is 13.8. The molecular formula is C28H31N3O5. The number of ether oxygens (including phenoxy) is 1. The molecule has 0 saturated heterocycles. The Morgan fingerprint density at radius 1 is 0.972 bits per heavy atom. The van der Waals surface area contributed by atoms with Crippen molar-refractivity contribution in [1.82, 2.24) is 10.6 Å². The molecule has 0 spiro atoms. The predicted molar refractivity (Wildman–Crippen MR) is 136 cm³/mol. The molecule has 188 valence electrons. The maximum atomic E-state index is 13.8. The Bertz CT molecular complexity index is 1160. The van der Waals surface area contributed by atoms with Gasteiger partial charge < -0.3 is 19.8 Å². The van der Waals surface area contributed by atoms with Crippen molar-refractivity contribution in [1.29, 1.82) is 0 Å². The summed E-state index contributed by atoms with van der Waals surface area (Å²) in [5.41, 5.74) is 1.09. The number of hydrogen-bond donors (Lipinski definition) is 2. The molecule has 36 heavy (non-hydrogen) atoms. The first kappa shape index (κ1) is 25.0. The summed E-state index contributed by atoms with van der Waals surface area (Å²) in [5, 5.41) is 5.77. The van der Waals surface area contributed by atoms with Gasteiger partial charge >= 0.3 is 0 Å². The Labute approximate surface area is 210 Å². The Morgan fingerprint density at radius 3 is 2.39 bits per heavy atom. The van der Waals surface area contributed by atoms with Gasteiger partial charge in [0.2, 0.25) is 11.8 Å². The van der Waals surface area contributed by atoms with Crippen LogP contribution in [0.1, 0.15) is 54.3 Å². The molecule has 8 nitrogen and oxygen atoms in total. The van der Waals surface area contributed by atoms with Crippen molar-refractivity contribution in [2.75, 3.05) is 18.6 Å². The van der Waals surface area contributed by atoms with Crippen molar-refractivity contribution < 1.29 is 23.5 Å². The minimum atomic E-state index is -0.961. The molecule has 1 aliphatic carbocycles. The van der Waals surface area contributed by atoms with Gasteiger partial charge in [-0.2, -0.15) is 0 Å². The minimum absolute atomic E-state index is 0.0609. The summed E-state index contributed by atoms with van der Waals surface area (Å²) in [6.07, 6.45) is 6.50. The summed E-state index contributed by atoms with van der Waals surface area (Å²) in [6.45, 7) is -0.336. The van der Waals surface area contributed by atoms with Crippen LogP contribution in [0.25, 0.3) is 0 Å². The van der Waals surface area contributed by atoms with Gasteiger partial charge in [-0.25, -0.2) is 0 Å². The highest BCUT2D eigenvalue weighted by atomic mass is 16.5. The van der Waals surface area contributed by atoms with Gasteiger partial charge in [0.1, 0.15) is 11.8 Å². The molecule has 1 aromatic heterocycles. The van der Waals surface area contributed by atoms with Gasteiger partial charge in [0.05, 0.1) is 25.6 Å². The number of benzene rings is 2. The standard InChI is InChI=1S/C28H31N3O5/c1-35-23-16-9-8-15-22(23)31(25(32)19-29-27(33)24-17-10-18-36-24)26(20-11-4-2-5-12-20)28(34)30-21-13-6-3-7-14-21/h2,4-5,8-12,15-18,21,26H,3,6-7,13-14,19H2,1H3,(H,29,33)(H,30,34). The van der Waals surface area contributed by atoms with Crippen LogP contribution in [0, 0.1) is 0 Å². The first-order valence-electron chi connectivity index (χ1n) is 12.2. The summed E-state index contributed by atoms with van der Waals surface area (Å²) in [6, 6.07) is 18.4. The van der Waals surface area contributed by atoms with Crippen LogP contribution in [0.4, 0.5) is 5.69 Å². The zero-order valence-corrected chi connectivity index (χ0v) is 20.3. The number of nitrogens with one attached hydrogen (secondary N) is 2. The average Bonchev–Trinajstić information content (AvgIpc) is 3.46. The number of methoxy groups -OCH3 is 1. The number of amides is 3. The molecule has 0 bridgehead atoms. The molecule has 4 rings (SSSR count). The predicted octanol–water partition coefficient (Wildman–Crippen LogP) is 4.24. The number of carbonyl (C=O) groups excluding carboxylic acids is 3. The molecule has 2 N–H and O–H groups in total. The minimum Gasteiger partial charge on any atom is -0.495 e. The zero-order chi connectivity index (χ0) is 25.3. The third-order valence-corrected chi connectivity index (χ3v) is 6.33. The molecule has 0 aliphatic heterocycles. The molecule has 1 unspecified atom stereocenters. The van der Waals surface area contributed by atoms with E-state index in [1.807, 2.05) is 30.3 Å². The fourth-order valence-electron chi connectivity index (χ4n) is 4.56. The first-order chi connectivity index (χ1) is 17.6. The summed E-state index contributed by atoms with van der Waals surface area (Å²) in [7, 11) is 1.51. The first-order valence-corrected chi connectivity index (χ1v) is 12.2. The van der Waals surface area contributed by atoms with Gasteiger partial charge in [0.25, 0.3) is 5.91 Å². The van der Waals surface area contributed by atoms with E-state index >= 15 is 0 Å². The smallest absolute Gasteiger partial charge is 0.287 e. The van der Waals surface area contributed by atoms with Gasteiger partial charge in [-0.3, -0.25) is 19.3 Å². The molecule has 1 saturated carbocycles. The second-order valence-corrected chi connectivity index (χ2v) is 8.75. The monoisotopic (exact) mass is 489 g/mol. The van der Waals surface area contributed by atoms with Crippen molar-refractivity contribution in [3.8, 4) is 5.75 Å². The lowest BCUT2D eigenvalue weighted by Gasteiger charge is -2.34. The van der Waals surface area contributed by atoms with Gasteiger partial charge in [0, 0.05) is 6.04 Å². The fourth-order valence-corrected chi connectivity index (χ4v) is 4.56. The van der Waals surface area contributed by atoms with Crippen LogP contribution < -0.4 is 20.3 Å². The van der Waals surface area contributed by atoms with Crippen LogP contribution in [0.2, 0.25) is 0 Å². The molecule has 8 heteroatoms. The molecule has 1 atom stereocenters. The average molecular weight is 490 g/mol. The number of anilines is 1. The highest BCUT2D eigenvalue weighted by Crippen LogP contribution is 2.35. The third-order valence-electron chi connectivity index (χ3n) is 6.33. The lowest BCUT2D eigenvalue weighted by atomic mass is 9.94. The normalized spacial score (nSPS) is 14.5. The second kappa shape index (κ2) is 12.1. The lowest BCUT2D eigenvalue weighted by molar-refractivity contribution is -0.127. The highest BCUT2D eigenvalue weighted by molar-refractivity contribution is 6.05. The van der Waals surface area contributed by atoms with Crippen LogP contribution in [0.15, 0.2) is 77.4 Å². The van der Waals surface area contributed by atoms with Crippen LogP contribution in [0.5, 0.6) is 5.75 Å². The van der Waals surface area contributed by atoms with Crippen LogP contribution in [-0.4, -0.2) is 37.4 Å². The summed E-state index contributed by atoms with van der Waals surface area (Å²) < 4.78 is 10.7. The van der Waals surface area contributed by atoms with Crippen LogP contribution >= 0.6 is 0 Å². The van der Waals surface area contributed by atoms with E-state index in [0.29, 0.717) is 17.0 Å². The highest BCUT2D eigenvalue weighted by Gasteiger charge is 2.35. The summed E-state index contributed by atoms with van der Waals surface area (Å²) in [5.74, 6) is -0.719. The van der Waals surface area contributed by atoms with E-state index in [2.05, 4.69) is 10.6 Å². The van der Waals surface area contributed by atoms with Crippen molar-refractivity contribution >= 4 is 23.4 Å². The van der Waals surface area contributed by atoms with Gasteiger partial charge in [-0.15, -0.1) is 0 Å². The van der Waals surface area contributed by atoms with Crippen LogP contribution in [0.3, 0.4) is 0 Å². The van der Waals surface area contributed by atoms with E-state index in [9.17, 15) is 14.4 Å². The number of para-hydroxylation sites is 2. The largest absolute Gasteiger partial charge is 0.495 e. The van der Waals surface area contributed by atoms with Crippen LogP contribution in [-0.2, 0) is 9.59 Å². The quantitative estimate of drug-likeness (QED) is 0.468. The summed E-state index contributed by atoms with van der Waals surface area (Å²) >= 11 is 0. The number of hydrogen-bond acceptors (Lipinski definition) is 5. The Balaban J connectivity index is 1.69. The Morgan fingerprint density at radius 2 is 1.69 bits per heavy atom. The van der Waals surface area contributed by atoms with Gasteiger partial charge in [-0.05, 0) is 42.7 Å². The van der Waals surface area contributed by atoms with E-state index in [-0.39, 0.29) is 24.3 Å². The lowest BCUT2D eigenvalue weighted by Crippen LogP contribution is -2.49. The van der Waals surface area contributed by atoms with E-state index < -0.39 is 17.9 Å². The second-order valence-electron chi connectivity index (χ2n) is 8.75. The van der Waals surface area contributed by atoms with E-state index in [0.717, 1.165) is 32.1 Å². The Hall–Kier alpha value is -4.07. The van der Waals surface area contributed by atoms with Crippen molar-refractivity contribution in [2.45, 2.75) is 44.2 Å².